The van der Waals surface area contributed by atoms with Gasteiger partial charge in [-0.25, -0.2) is 47.0 Å². The Hall–Kier alpha value is -9.27. The van der Waals surface area contributed by atoms with Gasteiger partial charge in [0.25, 0.3) is 11.1 Å². The van der Waals surface area contributed by atoms with Crippen molar-refractivity contribution in [1.29, 1.82) is 0 Å². The number of ether oxygens (including phenoxy) is 7. The van der Waals surface area contributed by atoms with Gasteiger partial charge in [-0.05, 0) is 82.2 Å². The molecule has 16 rings (SSSR count). The molecule has 0 aliphatic carbocycles. The van der Waals surface area contributed by atoms with E-state index in [4.69, 9.17) is 98.7 Å². The zero-order valence-corrected chi connectivity index (χ0v) is 66.9. The quantitative estimate of drug-likeness (QED) is 0.0392. The van der Waals surface area contributed by atoms with Gasteiger partial charge in [0.1, 0.15) is 72.2 Å². The molecular formula is C64H90F3N23O27P2. The predicted molar refractivity (Wildman–Crippen MR) is 399 cm³/mol. The van der Waals surface area contributed by atoms with E-state index < -0.39 is 185 Å². The number of phosphoric acid groups is 2. The first-order valence-corrected chi connectivity index (χ1v) is 39.4. The minimum Gasteiger partial charge on any atom is -0.476 e. The molecule has 7 fully saturated rings. The first-order valence-electron chi connectivity index (χ1n) is 36.5. The van der Waals surface area contributed by atoms with Gasteiger partial charge in [-0.2, -0.15) is 34.9 Å². The minimum atomic E-state index is -3.92. The Morgan fingerprint density at radius 3 is 1.24 bits per heavy atom. The van der Waals surface area contributed by atoms with Gasteiger partial charge in [-0.1, -0.05) is 0 Å². The molecular weight excluding hydrogens is 1640 g/mol. The van der Waals surface area contributed by atoms with Crippen molar-refractivity contribution in [2.45, 2.75) is 209 Å². The third kappa shape index (κ3) is 17.0. The van der Waals surface area contributed by atoms with E-state index >= 15 is 8.78 Å². The van der Waals surface area contributed by atoms with Crippen molar-refractivity contribution in [3.63, 3.8) is 0 Å². The topological polar surface area (TPSA) is 702 Å². The summed E-state index contributed by atoms with van der Waals surface area (Å²) in [5.74, 6) is 0.0160. The van der Waals surface area contributed by atoms with Gasteiger partial charge in [0.05, 0.1) is 83.8 Å². The molecule has 654 valence electrons. The summed E-state index contributed by atoms with van der Waals surface area (Å²) in [6, 6.07) is 1.29. The molecule has 7 saturated heterocycles. The number of phosphoric ester groups is 2. The number of aliphatic hydroxyl groups excluding tert-OH is 6. The number of nitrogens with two attached hydrogens (primary N) is 4. The van der Waals surface area contributed by atoms with Crippen LogP contribution in [0.15, 0.2) is 52.0 Å². The van der Waals surface area contributed by atoms with Crippen molar-refractivity contribution in [3.05, 3.63) is 68.8 Å². The fourth-order valence-corrected chi connectivity index (χ4v) is 17.2. The van der Waals surface area contributed by atoms with Crippen molar-refractivity contribution < 1.29 is 129 Å². The van der Waals surface area contributed by atoms with Gasteiger partial charge < -0.3 is 96.9 Å². The zero-order chi connectivity index (χ0) is 86.9. The molecule has 0 radical (unpaired) electrons. The number of aliphatic hydroxyl groups is 8. The lowest BCUT2D eigenvalue weighted by Crippen LogP contribution is -2.46. The Morgan fingerprint density at radius 1 is 0.529 bits per heavy atom. The van der Waals surface area contributed by atoms with E-state index in [1.54, 1.807) is 47.0 Å². The molecule has 0 amide bonds. The Balaban J connectivity index is 0.000000138. The number of hydrogen-bond donors (Lipinski definition) is 16. The second kappa shape index (κ2) is 34.0. The number of nitrogen functional groups attached to an aromatic ring is 4. The molecule has 7 unspecified atom stereocenters. The van der Waals surface area contributed by atoms with Gasteiger partial charge in [0.2, 0.25) is 35.6 Å². The molecule has 0 bridgehead atoms. The molecule has 0 aromatic carbocycles. The van der Waals surface area contributed by atoms with Crippen molar-refractivity contribution in [2.75, 3.05) is 74.7 Å². The lowest BCUT2D eigenvalue weighted by atomic mass is 9.96. The number of fused-ring (bicyclic) bond motifs is 6. The molecule has 16 heterocycles. The second-order valence-corrected chi connectivity index (χ2v) is 32.4. The number of aromatic nitrogens is 18. The van der Waals surface area contributed by atoms with Crippen LogP contribution in [0.25, 0.3) is 44.7 Å². The number of hydrogen-bond acceptors (Lipinski definition) is 43. The van der Waals surface area contributed by atoms with Gasteiger partial charge in [-0.3, -0.25) is 80.2 Å². The number of nitrogens with zero attached hydrogens (tertiary/aromatic N) is 16. The first kappa shape index (κ1) is 89.0. The van der Waals surface area contributed by atoms with Crippen LogP contribution in [0.5, 0.6) is 11.8 Å². The van der Waals surface area contributed by atoms with Crippen LogP contribution in [0.3, 0.4) is 0 Å². The van der Waals surface area contributed by atoms with E-state index in [1.165, 1.54) is 83.5 Å². The van der Waals surface area contributed by atoms with Crippen LogP contribution in [-0.4, -0.2) is 281 Å². The average Bonchev–Trinajstić information content (AvgIpc) is 1.58. The summed E-state index contributed by atoms with van der Waals surface area (Å²) in [4.78, 5) is 83.9. The molecule has 119 heavy (non-hydrogen) atoms. The lowest BCUT2D eigenvalue weighted by Gasteiger charge is -2.34. The number of halogens is 3. The minimum absolute atomic E-state index is 0.00977. The van der Waals surface area contributed by atoms with E-state index in [1.807, 2.05) is 0 Å². The summed E-state index contributed by atoms with van der Waals surface area (Å²) in [6.07, 6.45) is -11.5. The monoisotopic (exact) mass is 1730 g/mol. The lowest BCUT2D eigenvalue weighted by molar-refractivity contribution is -0.0987. The molecule has 9 aromatic rings. The summed E-state index contributed by atoms with van der Waals surface area (Å²) >= 11 is 0. The molecule has 20 N–H and O–H groups in total. The number of rotatable bonds is 17. The van der Waals surface area contributed by atoms with Crippen molar-refractivity contribution in [2.24, 2.45) is 0 Å². The maximum Gasteiger partial charge on any atom is 0.475 e. The Kier molecular flexibility index (Phi) is 25.4. The summed E-state index contributed by atoms with van der Waals surface area (Å²) in [5.41, 5.74) is 13.8. The van der Waals surface area contributed by atoms with Gasteiger partial charge in [0.15, 0.2) is 98.6 Å². The molecule has 55 heteroatoms. The summed E-state index contributed by atoms with van der Waals surface area (Å²) in [7, 11) is -7.83. The third-order valence-corrected chi connectivity index (χ3v) is 22.8. The summed E-state index contributed by atoms with van der Waals surface area (Å²) in [6.45, 7) is 15.6. The molecule has 7 aliphatic heterocycles. The van der Waals surface area contributed by atoms with E-state index in [0.717, 1.165) is 11.5 Å². The molecule has 0 saturated carbocycles. The number of nitrogens with one attached hydrogen (secondary N) is 3. The number of alkyl halides is 3. The smallest absolute Gasteiger partial charge is 0.475 e. The fraction of sp³-hybridized carbons (Fsp3) is 0.625. The number of H-pyrrole nitrogens is 2. The zero-order valence-electron chi connectivity index (χ0n) is 65.1. The van der Waals surface area contributed by atoms with Crippen molar-refractivity contribution in [1.82, 2.24) is 87.6 Å². The largest absolute Gasteiger partial charge is 0.476 e. The van der Waals surface area contributed by atoms with Crippen LogP contribution in [0.1, 0.15) is 107 Å². The molecule has 50 nitrogen and oxygen atoms in total. The van der Waals surface area contributed by atoms with Crippen molar-refractivity contribution in [3.8, 4) is 11.8 Å². The first-order chi connectivity index (χ1) is 55.9. The highest BCUT2D eigenvalue weighted by atomic mass is 31.2. The molecule has 22 atom stereocenters. The maximum atomic E-state index is 15.9. The highest BCUT2D eigenvalue weighted by Crippen LogP contribution is 2.62. The number of aromatic amines is 2. The van der Waals surface area contributed by atoms with Crippen LogP contribution >= 0.6 is 15.6 Å². The van der Waals surface area contributed by atoms with E-state index in [-0.39, 0.29) is 82.6 Å². The average molecular weight is 1730 g/mol. The SMILES string of the molecule is CC(C)OP1(=O)OC[C@H]2O[C@@H](n3cnc4c(=O)[nH]c(N)nc43)C(C)(F)[C@H]2O1.CC1(F)[C@@H](O)[C@@H](CO)O[C@H]1n1cnc2c(=O)[nH]c(N)nc21.CC1(O)[C@@H](O)[C@@H](CO)O[C@H]1n1ccc(NO)nc1=O.CCOc1nc(N)nc2c1ncn2[C@@H]1O[C@@H]2COP(=O)(OC(C)C)O[C@@H]2C1(C)F.CCOc1nc(N)nc2c1ncn2[C@@H]1O[C@H](CO)[C@H](O)C1(C)O. The van der Waals surface area contributed by atoms with Crippen molar-refractivity contribution >= 4 is 89.9 Å². The maximum absolute atomic E-state index is 15.9. The highest BCUT2D eigenvalue weighted by molar-refractivity contribution is 7.48. The third-order valence-electron chi connectivity index (χ3n) is 19.6. The fourth-order valence-electron chi connectivity index (χ4n) is 14.0. The van der Waals surface area contributed by atoms with E-state index in [9.17, 15) is 58.5 Å². The highest BCUT2D eigenvalue weighted by Gasteiger charge is 2.64. The van der Waals surface area contributed by atoms with Crippen LogP contribution in [0, 0.1) is 0 Å². The predicted octanol–water partition coefficient (Wildman–Crippen LogP) is -0.807. The Labute approximate surface area is 667 Å². The molecule has 0 spiro atoms. The van der Waals surface area contributed by atoms with Gasteiger partial charge >= 0.3 is 21.3 Å². The van der Waals surface area contributed by atoms with Crippen LogP contribution in [-0.2, 0) is 60.0 Å². The van der Waals surface area contributed by atoms with Crippen LogP contribution < -0.4 is 54.7 Å². The number of anilines is 5. The van der Waals surface area contributed by atoms with Crippen LogP contribution in [0.2, 0.25) is 0 Å². The molecule has 9 aromatic heterocycles. The standard InChI is InChI=1S/C16H23FN5O6P.C14H19FN5O6P.C13H19N5O5.C11H14FN5O4.C10H15N3O6/c1-5-24-13-10-12(20-15(18)21-13)22(7-19-10)14-16(4,17)11-9(26-14)6-25-29(23,28-11)27-8(2)3;1-6(2)25-27(22)23-4-7-9(26-27)14(3,15)12(24-7)20-5-17-8-10(20)18-13(16)19-11(8)21;1-3-22-10-7-9(16-12(14)17-10)18(5-15-7)11-13(2,21)8(20)6(4-19)23-11;1-11(12)6(19)4(2-18)21-9(11)17-3-14-5-7(17)15-10(13)16-8(5)20;1-10(17)7(15)5(4-14)19-8(10)13-3-2-6(12-18)11-9(13)16/h7-9,11,14H,5-6H2,1-4H3,(H2,18,20,21);5-7,9,12H,4H2,1-3H3,(H3,16,18,19,21);5-6,8,11,19-21H,3-4H2,1-2H3,(H2,14,16,17);3-4,6,9,18-19H,2H2,1H3,(H3,13,15,16,20);2-3,5,7-8,14-15,17-18H,4H2,1H3,(H,11,12,16)/t9-,11+,14-,16?,29?;7-,9+,12-,14?,27?;6-,8+,11-,13?;4-,6+,9-,11?;5-,7+,8-,10?/m11111/s1. The summed E-state index contributed by atoms with van der Waals surface area (Å²) < 4.78 is 148. The summed E-state index contributed by atoms with van der Waals surface area (Å²) in [5, 5.41) is 86.6. The Bertz CT molecular complexity index is 5440. The van der Waals surface area contributed by atoms with E-state index in [2.05, 4.69) is 64.8 Å². The number of imidazole rings is 4. The normalized spacial score (nSPS) is 34.0. The van der Waals surface area contributed by atoms with Gasteiger partial charge in [-0.15, -0.1) is 0 Å². The Morgan fingerprint density at radius 2 is 0.882 bits per heavy atom. The second-order valence-electron chi connectivity index (χ2n) is 29.2. The van der Waals surface area contributed by atoms with E-state index in [0.29, 0.717) is 29.9 Å². The molecule has 7 aliphatic rings. The van der Waals surface area contributed by atoms with Gasteiger partial charge in [0, 0.05) is 6.20 Å². The van der Waals surface area contributed by atoms with Crippen LogP contribution in [0.4, 0.5) is 42.8 Å².